The van der Waals surface area contributed by atoms with Crippen LogP contribution in [0.3, 0.4) is 0 Å². The van der Waals surface area contributed by atoms with Crippen molar-refractivity contribution < 1.29 is 4.52 Å². The highest BCUT2D eigenvalue weighted by Crippen LogP contribution is 2.76. The molecule has 166 valence electrons. The van der Waals surface area contributed by atoms with E-state index in [0.717, 1.165) is 10.6 Å². The van der Waals surface area contributed by atoms with E-state index in [9.17, 15) is 0 Å². The lowest BCUT2D eigenvalue weighted by Gasteiger charge is -2.37. The van der Waals surface area contributed by atoms with E-state index >= 15 is 0 Å². The van der Waals surface area contributed by atoms with Gasteiger partial charge in [-0.25, -0.2) is 4.52 Å². The number of rotatable bonds is 5. The van der Waals surface area contributed by atoms with Gasteiger partial charge in [0.25, 0.3) is 0 Å². The van der Waals surface area contributed by atoms with Crippen LogP contribution in [-0.4, -0.2) is 13.8 Å². The Kier molecular flexibility index (Phi) is 6.23. The molecule has 0 saturated heterocycles. The van der Waals surface area contributed by atoms with E-state index in [4.69, 9.17) is 13.6 Å². The number of benzene rings is 4. The lowest BCUT2D eigenvalue weighted by Crippen LogP contribution is -2.31. The predicted molar refractivity (Wildman–Crippen MR) is 146 cm³/mol. The van der Waals surface area contributed by atoms with Crippen molar-refractivity contribution in [3.63, 3.8) is 0 Å². The average molecular weight is 490 g/mol. The largest absolute Gasteiger partial charge is 0.334 e. The summed E-state index contributed by atoms with van der Waals surface area (Å²) in [5.41, 5.74) is 0. The maximum atomic E-state index is 6.20. The SMILES string of the molecule is CO[P+]1(C)N=P(c2ccccc2)(c2ccccc2)N=P(c2ccccc2)(c2ccccc2)N1. The molecule has 0 bridgehead atoms. The van der Waals surface area contributed by atoms with E-state index < -0.39 is 22.2 Å². The van der Waals surface area contributed by atoms with E-state index in [1.807, 2.05) is 0 Å². The van der Waals surface area contributed by atoms with Crippen LogP contribution in [0.5, 0.6) is 0 Å². The van der Waals surface area contributed by atoms with Crippen molar-refractivity contribution in [2.45, 2.75) is 0 Å². The summed E-state index contributed by atoms with van der Waals surface area (Å²) in [6.07, 6.45) is 0. The molecular formula is C26H27N3OP3+. The number of hydrogen-bond acceptors (Lipinski definition) is 4. The fourth-order valence-electron chi connectivity index (χ4n) is 4.13. The smallest absolute Gasteiger partial charge is 0.223 e. The van der Waals surface area contributed by atoms with E-state index in [1.54, 1.807) is 7.11 Å². The molecule has 0 spiro atoms. The first-order valence-corrected chi connectivity index (χ1v) is 16.4. The van der Waals surface area contributed by atoms with Crippen molar-refractivity contribution in [2.75, 3.05) is 13.8 Å². The lowest BCUT2D eigenvalue weighted by atomic mass is 10.4. The van der Waals surface area contributed by atoms with Crippen LogP contribution >= 0.6 is 22.2 Å². The summed E-state index contributed by atoms with van der Waals surface area (Å²) < 4.78 is 17.6. The van der Waals surface area contributed by atoms with E-state index in [2.05, 4.69) is 133 Å². The minimum absolute atomic E-state index is 1.15. The van der Waals surface area contributed by atoms with Crippen molar-refractivity contribution in [3.8, 4) is 0 Å². The average Bonchev–Trinajstić information content (AvgIpc) is 2.90. The summed E-state index contributed by atoms with van der Waals surface area (Å²) in [6, 6.07) is 42.4. The third-order valence-corrected chi connectivity index (χ3v) is 17.7. The Balaban J connectivity index is 1.98. The molecule has 1 heterocycles. The first-order valence-electron chi connectivity index (χ1n) is 10.8. The molecule has 1 aliphatic heterocycles. The van der Waals surface area contributed by atoms with Crippen molar-refractivity contribution in [1.82, 2.24) is 4.86 Å². The molecule has 7 heteroatoms. The first kappa shape index (κ1) is 22.5. The Morgan fingerprint density at radius 2 is 0.970 bits per heavy atom. The molecule has 4 aromatic rings. The van der Waals surface area contributed by atoms with Crippen molar-refractivity contribution in [1.29, 1.82) is 0 Å². The fourth-order valence-corrected chi connectivity index (χ4v) is 18.3. The maximum absolute atomic E-state index is 6.20. The zero-order chi connectivity index (χ0) is 22.8. The molecule has 0 amide bonds. The van der Waals surface area contributed by atoms with Crippen molar-refractivity contribution >= 4 is 43.4 Å². The van der Waals surface area contributed by atoms with Gasteiger partial charge < -0.3 is 0 Å². The second kappa shape index (κ2) is 9.15. The van der Waals surface area contributed by atoms with Gasteiger partial charge in [-0.1, -0.05) is 126 Å². The van der Waals surface area contributed by atoms with Gasteiger partial charge in [-0.15, -0.1) is 4.86 Å². The van der Waals surface area contributed by atoms with Gasteiger partial charge >= 0.3 is 7.79 Å². The normalized spacial score (nSPS) is 20.9. The molecule has 33 heavy (non-hydrogen) atoms. The molecule has 1 atom stereocenters. The Bertz CT molecular complexity index is 1260. The van der Waals surface area contributed by atoms with Gasteiger partial charge in [-0.05, 0) is 0 Å². The number of nitrogens with one attached hydrogen (secondary N) is 1. The summed E-state index contributed by atoms with van der Waals surface area (Å²) >= 11 is 0. The van der Waals surface area contributed by atoms with Crippen LogP contribution < -0.4 is 26.1 Å². The van der Waals surface area contributed by atoms with E-state index in [0.29, 0.717) is 0 Å². The number of nitrogens with zero attached hydrogens (tertiary/aromatic N) is 2. The molecule has 0 aliphatic carbocycles. The number of hydrogen-bond donors (Lipinski definition) is 1. The van der Waals surface area contributed by atoms with Crippen LogP contribution in [0.2, 0.25) is 0 Å². The molecule has 1 aliphatic rings. The fraction of sp³-hybridized carbons (Fsp3) is 0.0769. The Hall–Kier alpha value is -2.31. The zero-order valence-electron chi connectivity index (χ0n) is 18.7. The monoisotopic (exact) mass is 490 g/mol. The summed E-state index contributed by atoms with van der Waals surface area (Å²) in [5.74, 6) is 0. The highest BCUT2D eigenvalue weighted by molar-refractivity contribution is 7.99. The molecule has 5 rings (SSSR count). The van der Waals surface area contributed by atoms with Gasteiger partial charge in [0.2, 0.25) is 0 Å². The van der Waals surface area contributed by atoms with Gasteiger partial charge in [-0.2, -0.15) is 4.52 Å². The van der Waals surface area contributed by atoms with Gasteiger partial charge in [-0.3, -0.25) is 0 Å². The van der Waals surface area contributed by atoms with Gasteiger partial charge in [0.15, 0.2) is 7.21 Å². The van der Waals surface area contributed by atoms with Crippen LogP contribution in [0.15, 0.2) is 130 Å². The van der Waals surface area contributed by atoms with Crippen LogP contribution in [0.1, 0.15) is 0 Å². The Morgan fingerprint density at radius 3 is 1.33 bits per heavy atom. The topological polar surface area (TPSA) is 46.0 Å². The van der Waals surface area contributed by atoms with Crippen LogP contribution in [0.25, 0.3) is 0 Å². The summed E-state index contributed by atoms with van der Waals surface area (Å²) in [6.45, 7) is 2.13. The van der Waals surface area contributed by atoms with Crippen molar-refractivity contribution in [3.05, 3.63) is 121 Å². The third kappa shape index (κ3) is 4.08. The van der Waals surface area contributed by atoms with Crippen LogP contribution in [0, 0.1) is 0 Å². The Morgan fingerprint density at radius 1 is 0.606 bits per heavy atom. The van der Waals surface area contributed by atoms with Gasteiger partial charge in [0.05, 0.1) is 7.11 Å². The molecule has 0 radical (unpaired) electrons. The Labute approximate surface area is 196 Å². The zero-order valence-corrected chi connectivity index (χ0v) is 21.4. The molecule has 0 fully saturated rings. The van der Waals surface area contributed by atoms with Gasteiger partial charge in [0, 0.05) is 21.2 Å². The second-order valence-corrected chi connectivity index (χ2v) is 16.8. The molecule has 1 N–H and O–H groups in total. The molecule has 4 nitrogen and oxygen atoms in total. The molecule has 1 unspecified atom stereocenters. The third-order valence-electron chi connectivity index (χ3n) is 5.74. The summed E-state index contributed by atoms with van der Waals surface area (Å²) in [7, 11) is -5.56. The predicted octanol–water partition coefficient (Wildman–Crippen LogP) is 6.16. The highest BCUT2D eigenvalue weighted by Gasteiger charge is 2.50. The summed E-state index contributed by atoms with van der Waals surface area (Å²) in [5, 5.41) is 4.67. The van der Waals surface area contributed by atoms with E-state index in [1.165, 1.54) is 10.6 Å². The minimum Gasteiger partial charge on any atom is -0.223 e. The minimum atomic E-state index is -2.52. The quantitative estimate of drug-likeness (QED) is 0.341. The lowest BCUT2D eigenvalue weighted by molar-refractivity contribution is 0.446. The van der Waals surface area contributed by atoms with Crippen LogP contribution in [-0.2, 0) is 4.52 Å². The van der Waals surface area contributed by atoms with Gasteiger partial charge in [0.1, 0.15) is 13.9 Å². The van der Waals surface area contributed by atoms with E-state index in [-0.39, 0.29) is 0 Å². The van der Waals surface area contributed by atoms with Crippen molar-refractivity contribution in [2.24, 2.45) is 9.03 Å². The molecule has 0 aromatic heterocycles. The highest BCUT2D eigenvalue weighted by atomic mass is 31.3. The standard InChI is InChI=1S/C26H27N3OP3/c1-30-31(2)27-32(23-15-7-3-8-16-23,24-17-9-4-10-18-24)29-33(28-31,25-19-11-5-12-20-25)26-21-13-6-14-22-26/h3-22,27H,1-2H3/q+1. The van der Waals surface area contributed by atoms with Crippen LogP contribution in [0.4, 0.5) is 0 Å². The summed E-state index contributed by atoms with van der Waals surface area (Å²) in [4.78, 5) is 3.91. The molecular weight excluding hydrogens is 463 g/mol. The second-order valence-electron chi connectivity index (χ2n) is 7.92. The molecule has 0 saturated carbocycles. The molecule has 4 aromatic carbocycles. The maximum Gasteiger partial charge on any atom is 0.334 e. The first-order chi connectivity index (χ1) is 16.1.